The summed E-state index contributed by atoms with van der Waals surface area (Å²) in [6.45, 7) is 3.61. The molecular formula is C22H27NO5S. The van der Waals surface area contributed by atoms with Crippen LogP contribution in [0, 0.1) is 23.7 Å². The molecule has 5 rings (SSSR count). The number of fused-ring (bicyclic) bond motifs is 3. The molecule has 1 saturated carbocycles. The monoisotopic (exact) mass is 417 g/mol. The first kappa shape index (κ1) is 20.1. The van der Waals surface area contributed by atoms with E-state index in [1.54, 1.807) is 13.8 Å². The maximum Gasteiger partial charge on any atom is 0.341 e. The lowest BCUT2D eigenvalue weighted by Gasteiger charge is -2.41. The van der Waals surface area contributed by atoms with Crippen LogP contribution in [0.5, 0.6) is 0 Å². The van der Waals surface area contributed by atoms with E-state index in [0.717, 1.165) is 49.0 Å². The highest BCUT2D eigenvalue weighted by Gasteiger charge is 2.48. The van der Waals surface area contributed by atoms with E-state index in [1.807, 2.05) is 12.2 Å². The molecule has 0 spiro atoms. The van der Waals surface area contributed by atoms with Crippen LogP contribution in [0.25, 0.3) is 0 Å². The van der Waals surface area contributed by atoms with Crippen molar-refractivity contribution in [2.24, 2.45) is 23.7 Å². The smallest absolute Gasteiger partial charge is 0.341 e. The van der Waals surface area contributed by atoms with Gasteiger partial charge in [0.1, 0.15) is 5.00 Å². The van der Waals surface area contributed by atoms with Crippen molar-refractivity contribution >= 4 is 34.2 Å². The summed E-state index contributed by atoms with van der Waals surface area (Å²) >= 11 is 1.44. The van der Waals surface area contributed by atoms with E-state index < -0.39 is 23.8 Å². The third-order valence-corrected chi connectivity index (χ3v) is 7.50. The second kappa shape index (κ2) is 7.94. The summed E-state index contributed by atoms with van der Waals surface area (Å²) < 4.78 is 5.45. The maximum atomic E-state index is 13.2. The first-order valence-corrected chi connectivity index (χ1v) is 11.3. The predicted molar refractivity (Wildman–Crippen MR) is 110 cm³/mol. The quantitative estimate of drug-likeness (QED) is 0.557. The van der Waals surface area contributed by atoms with E-state index in [4.69, 9.17) is 4.74 Å². The topological polar surface area (TPSA) is 92.7 Å². The number of amides is 1. The van der Waals surface area contributed by atoms with Crippen LogP contribution in [0.3, 0.4) is 0 Å². The SMILES string of the molecule is CC(C)OC(=O)c1c(NC(=O)[C@@H]2[C@H](C(=O)O)[C@H]3C=C[C@H]2CC3)sc2c1CCCC2. The zero-order valence-corrected chi connectivity index (χ0v) is 17.6. The van der Waals surface area contributed by atoms with Gasteiger partial charge < -0.3 is 15.2 Å². The molecular weight excluding hydrogens is 390 g/mol. The Morgan fingerprint density at radius 1 is 1.10 bits per heavy atom. The minimum Gasteiger partial charge on any atom is -0.481 e. The number of carbonyl (C=O) groups excluding carboxylic acids is 2. The van der Waals surface area contributed by atoms with Crippen molar-refractivity contribution in [2.45, 2.75) is 58.5 Å². The number of carboxylic acid groups (broad SMARTS) is 1. The molecule has 156 valence electrons. The number of aryl methyl sites for hydroxylation is 1. The Bertz CT molecular complexity index is 871. The molecule has 1 fully saturated rings. The van der Waals surface area contributed by atoms with Crippen molar-refractivity contribution in [3.8, 4) is 0 Å². The average Bonchev–Trinajstić information content (AvgIpc) is 3.05. The van der Waals surface area contributed by atoms with Crippen LogP contribution in [-0.4, -0.2) is 29.1 Å². The number of esters is 1. The second-order valence-electron chi connectivity index (χ2n) is 8.54. The summed E-state index contributed by atoms with van der Waals surface area (Å²) in [5.74, 6) is -3.11. The number of ether oxygens (including phenoxy) is 1. The molecule has 0 aliphatic heterocycles. The zero-order valence-electron chi connectivity index (χ0n) is 16.8. The Kier molecular flexibility index (Phi) is 5.51. The standard InChI is InChI=1S/C22H27NO5S/c1-11(2)28-22(27)18-14-5-3-4-6-15(14)29-20(18)23-19(24)16-12-7-9-13(10-8-12)17(16)21(25)26/h7,9,11-13,16-17H,3-6,8,10H2,1-2H3,(H,23,24)(H,25,26)/t12-,13-,16-,17+/m0/s1. The fraction of sp³-hybridized carbons (Fsp3) is 0.591. The number of hydrogen-bond donors (Lipinski definition) is 2. The summed E-state index contributed by atoms with van der Waals surface area (Å²) in [5, 5.41) is 13.2. The fourth-order valence-corrected chi connectivity index (χ4v) is 6.31. The highest BCUT2D eigenvalue weighted by atomic mass is 32.1. The van der Waals surface area contributed by atoms with Crippen molar-refractivity contribution in [3.63, 3.8) is 0 Å². The van der Waals surface area contributed by atoms with Gasteiger partial charge in [-0.2, -0.15) is 0 Å². The van der Waals surface area contributed by atoms with Gasteiger partial charge in [-0.1, -0.05) is 12.2 Å². The van der Waals surface area contributed by atoms with E-state index in [1.165, 1.54) is 11.3 Å². The molecule has 1 aromatic rings. The molecule has 2 N–H and O–H groups in total. The number of carboxylic acids is 1. The molecule has 1 heterocycles. The van der Waals surface area contributed by atoms with Gasteiger partial charge >= 0.3 is 11.9 Å². The van der Waals surface area contributed by atoms with Gasteiger partial charge in [-0.25, -0.2) is 4.79 Å². The number of nitrogens with one attached hydrogen (secondary N) is 1. The van der Waals surface area contributed by atoms with Gasteiger partial charge in [-0.05, 0) is 69.8 Å². The fourth-order valence-electron chi connectivity index (χ4n) is 5.03. The molecule has 0 saturated heterocycles. The highest BCUT2D eigenvalue weighted by molar-refractivity contribution is 7.17. The van der Waals surface area contributed by atoms with Crippen LogP contribution >= 0.6 is 11.3 Å². The zero-order chi connectivity index (χ0) is 20.7. The molecule has 0 aromatic carbocycles. The molecule has 4 aliphatic rings. The van der Waals surface area contributed by atoms with Crippen LogP contribution in [0.2, 0.25) is 0 Å². The van der Waals surface area contributed by atoms with Crippen LogP contribution < -0.4 is 5.32 Å². The first-order chi connectivity index (χ1) is 13.9. The van der Waals surface area contributed by atoms with Crippen LogP contribution in [0.4, 0.5) is 5.00 Å². The van der Waals surface area contributed by atoms with Gasteiger partial charge in [0.05, 0.1) is 23.5 Å². The number of thiophene rings is 1. The summed E-state index contributed by atoms with van der Waals surface area (Å²) in [6.07, 6.45) is 9.10. The van der Waals surface area contributed by atoms with Crippen molar-refractivity contribution < 1.29 is 24.2 Å². The second-order valence-corrected chi connectivity index (χ2v) is 9.64. The molecule has 2 bridgehead atoms. The molecule has 1 aromatic heterocycles. The third kappa shape index (κ3) is 3.72. The van der Waals surface area contributed by atoms with E-state index in [9.17, 15) is 19.5 Å². The summed E-state index contributed by atoms with van der Waals surface area (Å²) in [4.78, 5) is 39.0. The lowest BCUT2D eigenvalue weighted by atomic mass is 9.62. The van der Waals surface area contributed by atoms with E-state index >= 15 is 0 Å². The lowest BCUT2D eigenvalue weighted by Crippen LogP contribution is -2.47. The van der Waals surface area contributed by atoms with E-state index in [0.29, 0.717) is 10.6 Å². The first-order valence-electron chi connectivity index (χ1n) is 10.4. The number of hydrogen-bond acceptors (Lipinski definition) is 5. The normalized spacial score (nSPS) is 27.6. The Labute approximate surface area is 174 Å². The van der Waals surface area contributed by atoms with Crippen molar-refractivity contribution in [1.82, 2.24) is 0 Å². The number of allylic oxidation sites excluding steroid dienone is 2. The molecule has 7 heteroatoms. The molecule has 0 radical (unpaired) electrons. The molecule has 1 amide bonds. The van der Waals surface area contributed by atoms with Crippen molar-refractivity contribution in [1.29, 1.82) is 0 Å². The van der Waals surface area contributed by atoms with Gasteiger partial charge in [-0.15, -0.1) is 11.3 Å². The third-order valence-electron chi connectivity index (χ3n) is 6.29. The van der Waals surface area contributed by atoms with Gasteiger partial charge in [0, 0.05) is 4.88 Å². The minimum atomic E-state index is -0.922. The number of aliphatic carboxylic acids is 1. The van der Waals surface area contributed by atoms with Crippen LogP contribution in [-0.2, 0) is 27.2 Å². The van der Waals surface area contributed by atoms with Crippen LogP contribution in [0.1, 0.15) is 60.3 Å². The van der Waals surface area contributed by atoms with Gasteiger partial charge in [0.15, 0.2) is 0 Å². The highest BCUT2D eigenvalue weighted by Crippen LogP contribution is 2.46. The summed E-state index contributed by atoms with van der Waals surface area (Å²) in [6, 6.07) is 0. The lowest BCUT2D eigenvalue weighted by molar-refractivity contribution is -0.151. The average molecular weight is 418 g/mol. The van der Waals surface area contributed by atoms with E-state index in [-0.39, 0.29) is 23.8 Å². The molecule has 4 aliphatic carbocycles. The molecule has 4 atom stereocenters. The predicted octanol–water partition coefficient (Wildman–Crippen LogP) is 4.04. The number of rotatable bonds is 5. The molecule has 0 unspecified atom stereocenters. The summed E-state index contributed by atoms with van der Waals surface area (Å²) in [7, 11) is 0. The van der Waals surface area contributed by atoms with Crippen molar-refractivity contribution in [3.05, 3.63) is 28.2 Å². The largest absolute Gasteiger partial charge is 0.481 e. The Morgan fingerprint density at radius 2 is 1.76 bits per heavy atom. The Hall–Kier alpha value is -2.15. The van der Waals surface area contributed by atoms with Crippen molar-refractivity contribution in [2.75, 3.05) is 5.32 Å². The number of anilines is 1. The maximum absolute atomic E-state index is 13.2. The molecule has 29 heavy (non-hydrogen) atoms. The Morgan fingerprint density at radius 3 is 2.38 bits per heavy atom. The number of carbonyl (C=O) groups is 3. The van der Waals surface area contributed by atoms with E-state index in [2.05, 4.69) is 5.32 Å². The van der Waals surface area contributed by atoms with Crippen LogP contribution in [0.15, 0.2) is 12.2 Å². The van der Waals surface area contributed by atoms with Gasteiger partial charge in [-0.3, -0.25) is 9.59 Å². The minimum absolute atomic E-state index is 0.0678. The Balaban J connectivity index is 1.64. The van der Waals surface area contributed by atoms with Gasteiger partial charge in [0.2, 0.25) is 5.91 Å². The molecule has 6 nitrogen and oxygen atoms in total. The van der Waals surface area contributed by atoms with Gasteiger partial charge in [0.25, 0.3) is 0 Å². The summed E-state index contributed by atoms with van der Waals surface area (Å²) in [5.41, 5.74) is 1.46.